The van der Waals surface area contributed by atoms with Gasteiger partial charge in [0.05, 0.1) is 10.4 Å². The van der Waals surface area contributed by atoms with Crippen LogP contribution >= 0.6 is 11.3 Å². The van der Waals surface area contributed by atoms with Crippen molar-refractivity contribution >= 4 is 21.4 Å². The van der Waals surface area contributed by atoms with Crippen LogP contribution in [-0.4, -0.2) is 19.2 Å². The number of thiophene rings is 1. The van der Waals surface area contributed by atoms with Gasteiger partial charge >= 0.3 is 6.18 Å². The first-order valence-electron chi connectivity index (χ1n) is 11.2. The lowest BCUT2D eigenvalue weighted by molar-refractivity contribution is -0.137. The predicted octanol–water partition coefficient (Wildman–Crippen LogP) is 7.82. The van der Waals surface area contributed by atoms with Crippen LogP contribution in [0, 0.1) is 6.92 Å². The van der Waals surface area contributed by atoms with Gasteiger partial charge in [-0.15, -0.1) is 11.3 Å². The zero-order chi connectivity index (χ0) is 23.7. The first-order valence-corrected chi connectivity index (χ1v) is 12.0. The Hall–Kier alpha value is -3.03. The van der Waals surface area contributed by atoms with Gasteiger partial charge in [0, 0.05) is 10.1 Å². The standard InChI is InChI=1S/C27H24F3NO2S/c1-17-2-11-23-24(16-17)34-26(18-3-5-19(6-4-18)27(28,29)30)25(23)33-21-9-7-20(8-10-21)32-22-12-14-31-15-13-22/h2-11,16,22,31H,12-15H2,1H3. The fourth-order valence-corrected chi connectivity index (χ4v) is 5.33. The Labute approximate surface area is 200 Å². The summed E-state index contributed by atoms with van der Waals surface area (Å²) in [6, 6.07) is 18.8. The number of ether oxygens (including phenoxy) is 2. The summed E-state index contributed by atoms with van der Waals surface area (Å²) < 4.78 is 52.6. The normalized spacial score (nSPS) is 14.9. The fraction of sp³-hybridized carbons (Fsp3) is 0.259. The Morgan fingerprint density at radius 1 is 0.882 bits per heavy atom. The summed E-state index contributed by atoms with van der Waals surface area (Å²) in [5.41, 5.74) is 1.13. The summed E-state index contributed by atoms with van der Waals surface area (Å²) in [6.07, 6.45) is -2.19. The molecule has 0 bridgehead atoms. The van der Waals surface area contributed by atoms with Gasteiger partial charge in [-0.1, -0.05) is 18.2 Å². The van der Waals surface area contributed by atoms with Crippen LogP contribution in [0.4, 0.5) is 13.2 Å². The highest BCUT2D eigenvalue weighted by atomic mass is 32.1. The second-order valence-electron chi connectivity index (χ2n) is 8.48. The minimum Gasteiger partial charge on any atom is -0.490 e. The zero-order valence-corrected chi connectivity index (χ0v) is 19.4. The van der Waals surface area contributed by atoms with Gasteiger partial charge in [0.2, 0.25) is 0 Å². The van der Waals surface area contributed by atoms with Crippen molar-refractivity contribution in [2.45, 2.75) is 32.0 Å². The van der Waals surface area contributed by atoms with Gasteiger partial charge in [0.25, 0.3) is 0 Å². The topological polar surface area (TPSA) is 30.5 Å². The molecule has 0 spiro atoms. The maximum Gasteiger partial charge on any atom is 0.416 e. The monoisotopic (exact) mass is 483 g/mol. The highest BCUT2D eigenvalue weighted by molar-refractivity contribution is 7.22. The molecule has 176 valence electrons. The third kappa shape index (κ3) is 4.91. The minimum atomic E-state index is -4.37. The first-order chi connectivity index (χ1) is 16.4. The third-order valence-corrected chi connectivity index (χ3v) is 7.09. The van der Waals surface area contributed by atoms with Crippen LogP contribution in [0.2, 0.25) is 0 Å². The number of benzene rings is 3. The van der Waals surface area contributed by atoms with E-state index < -0.39 is 11.7 Å². The Morgan fingerprint density at radius 3 is 2.24 bits per heavy atom. The van der Waals surface area contributed by atoms with Gasteiger partial charge in [0.1, 0.15) is 17.6 Å². The van der Waals surface area contributed by atoms with Gasteiger partial charge in [-0.25, -0.2) is 0 Å². The number of halogens is 3. The Balaban J connectivity index is 1.45. The summed E-state index contributed by atoms with van der Waals surface area (Å²) in [4.78, 5) is 0.796. The van der Waals surface area contributed by atoms with Gasteiger partial charge in [-0.05, 0) is 92.5 Å². The van der Waals surface area contributed by atoms with Crippen LogP contribution in [0.5, 0.6) is 17.2 Å². The molecule has 3 nitrogen and oxygen atoms in total. The number of aryl methyl sites for hydroxylation is 1. The minimum absolute atomic E-state index is 0.211. The van der Waals surface area contributed by atoms with Crippen molar-refractivity contribution in [1.29, 1.82) is 0 Å². The Bertz CT molecular complexity index is 1270. The molecule has 7 heteroatoms. The second kappa shape index (κ2) is 9.31. The summed E-state index contributed by atoms with van der Waals surface area (Å²) in [5, 5.41) is 4.26. The molecule has 4 aromatic rings. The van der Waals surface area contributed by atoms with E-state index in [-0.39, 0.29) is 6.10 Å². The molecular formula is C27H24F3NO2S. The molecule has 0 radical (unpaired) electrons. The van der Waals surface area contributed by atoms with Gasteiger partial charge in [-0.3, -0.25) is 0 Å². The molecule has 1 saturated heterocycles. The molecule has 0 unspecified atom stereocenters. The van der Waals surface area contributed by atoms with Gasteiger partial charge in [-0.2, -0.15) is 13.2 Å². The van der Waals surface area contributed by atoms with Crippen molar-refractivity contribution in [2.75, 3.05) is 13.1 Å². The number of hydrogen-bond acceptors (Lipinski definition) is 4. The highest BCUT2D eigenvalue weighted by Gasteiger charge is 2.30. The highest BCUT2D eigenvalue weighted by Crippen LogP contribution is 2.47. The molecule has 2 heterocycles. The largest absolute Gasteiger partial charge is 0.490 e. The SMILES string of the molecule is Cc1ccc2c(Oc3ccc(OC4CCNCC4)cc3)c(-c3ccc(C(F)(F)F)cc3)sc2c1. The lowest BCUT2D eigenvalue weighted by Crippen LogP contribution is -2.34. The number of hydrogen-bond donors (Lipinski definition) is 1. The molecule has 1 aliphatic rings. The average Bonchev–Trinajstić information content (AvgIpc) is 3.18. The van der Waals surface area contributed by atoms with E-state index in [0.717, 1.165) is 64.3 Å². The van der Waals surface area contributed by atoms with Crippen molar-refractivity contribution in [3.63, 3.8) is 0 Å². The number of alkyl halides is 3. The van der Waals surface area contributed by atoms with E-state index in [1.54, 1.807) is 0 Å². The van der Waals surface area contributed by atoms with Crippen LogP contribution in [0.25, 0.3) is 20.5 Å². The lowest BCUT2D eigenvalue weighted by Gasteiger charge is -2.23. The van der Waals surface area contributed by atoms with Crippen molar-refractivity contribution < 1.29 is 22.6 Å². The molecule has 34 heavy (non-hydrogen) atoms. The van der Waals surface area contributed by atoms with Crippen molar-refractivity contribution in [1.82, 2.24) is 5.32 Å². The molecule has 0 atom stereocenters. The maximum atomic E-state index is 13.0. The molecule has 3 aromatic carbocycles. The quantitative estimate of drug-likeness (QED) is 0.314. The van der Waals surface area contributed by atoms with Crippen molar-refractivity contribution in [3.8, 4) is 27.7 Å². The molecule has 0 aliphatic carbocycles. The Kier molecular flexibility index (Phi) is 6.23. The number of rotatable bonds is 5. The molecule has 1 N–H and O–H groups in total. The van der Waals surface area contributed by atoms with Gasteiger partial charge in [0.15, 0.2) is 5.75 Å². The number of piperidine rings is 1. The summed E-state index contributed by atoms with van der Waals surface area (Å²) in [6.45, 7) is 3.94. The molecule has 5 rings (SSSR count). The first kappa shape index (κ1) is 22.7. The summed E-state index contributed by atoms with van der Waals surface area (Å²) >= 11 is 1.51. The fourth-order valence-electron chi connectivity index (χ4n) is 4.09. The van der Waals surface area contributed by atoms with E-state index in [9.17, 15) is 13.2 Å². The van der Waals surface area contributed by atoms with Crippen LogP contribution < -0.4 is 14.8 Å². The summed E-state index contributed by atoms with van der Waals surface area (Å²) in [5.74, 6) is 2.09. The van der Waals surface area contributed by atoms with Crippen molar-refractivity contribution in [3.05, 3.63) is 77.9 Å². The molecular weight excluding hydrogens is 459 g/mol. The second-order valence-corrected chi connectivity index (χ2v) is 9.53. The van der Waals surface area contributed by atoms with Gasteiger partial charge < -0.3 is 14.8 Å². The van der Waals surface area contributed by atoms with Crippen LogP contribution in [0.1, 0.15) is 24.0 Å². The average molecular weight is 484 g/mol. The predicted molar refractivity (Wildman–Crippen MR) is 130 cm³/mol. The van der Waals surface area contributed by atoms with E-state index >= 15 is 0 Å². The number of nitrogens with one attached hydrogen (secondary N) is 1. The molecule has 1 aromatic heterocycles. The molecule has 0 amide bonds. The van der Waals surface area contributed by atoms with E-state index in [1.807, 2.05) is 43.3 Å². The van der Waals surface area contributed by atoms with E-state index in [1.165, 1.54) is 23.5 Å². The zero-order valence-electron chi connectivity index (χ0n) is 18.6. The van der Waals surface area contributed by atoms with Crippen LogP contribution in [0.15, 0.2) is 66.7 Å². The third-order valence-electron chi connectivity index (χ3n) is 5.91. The lowest BCUT2D eigenvalue weighted by atomic mass is 10.1. The Morgan fingerprint density at radius 2 is 1.56 bits per heavy atom. The van der Waals surface area contributed by atoms with Crippen LogP contribution in [-0.2, 0) is 6.18 Å². The smallest absolute Gasteiger partial charge is 0.416 e. The van der Waals surface area contributed by atoms with E-state index in [4.69, 9.17) is 9.47 Å². The van der Waals surface area contributed by atoms with Crippen LogP contribution in [0.3, 0.4) is 0 Å². The van der Waals surface area contributed by atoms with Crippen molar-refractivity contribution in [2.24, 2.45) is 0 Å². The molecule has 0 saturated carbocycles. The summed E-state index contributed by atoms with van der Waals surface area (Å²) in [7, 11) is 0. The molecule has 1 fully saturated rings. The maximum absolute atomic E-state index is 13.0. The van der Waals surface area contributed by atoms with E-state index in [0.29, 0.717) is 17.1 Å². The van der Waals surface area contributed by atoms with E-state index in [2.05, 4.69) is 11.4 Å². The molecule has 1 aliphatic heterocycles. The number of fused-ring (bicyclic) bond motifs is 1.